The molecule has 0 spiro atoms. The Labute approximate surface area is 172 Å². The summed E-state index contributed by atoms with van der Waals surface area (Å²) in [6.45, 7) is 5.48. The van der Waals surface area contributed by atoms with E-state index in [1.165, 1.54) is 4.52 Å². The second-order valence-corrected chi connectivity index (χ2v) is 6.87. The van der Waals surface area contributed by atoms with Crippen LogP contribution in [0.1, 0.15) is 35.0 Å². The summed E-state index contributed by atoms with van der Waals surface area (Å²) >= 11 is 0. The lowest BCUT2D eigenvalue weighted by Crippen LogP contribution is -2.24. The predicted octanol–water partition coefficient (Wildman–Crippen LogP) is 2.39. The van der Waals surface area contributed by atoms with Crippen LogP contribution in [0.4, 0.5) is 11.4 Å². The first-order valence-electron chi connectivity index (χ1n) is 9.33. The molecule has 1 atom stereocenters. The fourth-order valence-corrected chi connectivity index (χ4v) is 3.00. The Bertz CT molecular complexity index is 1230. The summed E-state index contributed by atoms with van der Waals surface area (Å²) in [4.78, 5) is 33.5. The highest BCUT2D eigenvalue weighted by Crippen LogP contribution is 2.17. The molecule has 3 heterocycles. The molecule has 0 saturated carbocycles. The van der Waals surface area contributed by atoms with Crippen molar-refractivity contribution in [3.05, 3.63) is 66.0 Å². The van der Waals surface area contributed by atoms with Crippen molar-refractivity contribution in [1.82, 2.24) is 29.4 Å². The monoisotopic (exact) mass is 404 g/mol. The predicted molar refractivity (Wildman–Crippen MR) is 110 cm³/mol. The molecule has 1 unspecified atom stereocenters. The first kappa shape index (κ1) is 19.2. The van der Waals surface area contributed by atoms with Crippen LogP contribution in [0.2, 0.25) is 0 Å². The molecule has 0 saturated heterocycles. The van der Waals surface area contributed by atoms with Crippen molar-refractivity contribution >= 4 is 29.0 Å². The van der Waals surface area contributed by atoms with Gasteiger partial charge in [0.05, 0.1) is 0 Å². The Kier molecular flexibility index (Phi) is 4.97. The summed E-state index contributed by atoms with van der Waals surface area (Å²) in [5, 5.41) is 13.9. The number of aromatic nitrogens is 6. The SMILES string of the molecule is Cc1cc(C)n2nc(C(=O)Nc3cccc(NC(=O)C(C)n4cccn4)c3)nc2n1. The summed E-state index contributed by atoms with van der Waals surface area (Å²) < 4.78 is 3.09. The molecule has 4 rings (SSSR count). The van der Waals surface area contributed by atoms with Crippen molar-refractivity contribution < 1.29 is 9.59 Å². The standard InChI is InChI=1S/C20H20N8O2/c1-12-10-13(2)28-20(22-12)25-17(26-28)19(30)24-16-7-4-6-15(11-16)23-18(29)14(3)27-9-5-8-21-27/h4-11,14H,1-3H3,(H,23,29)(H,24,30). The minimum absolute atomic E-state index is 0.0120. The summed E-state index contributed by atoms with van der Waals surface area (Å²) in [5.41, 5.74) is 2.68. The molecule has 3 aromatic heterocycles. The smallest absolute Gasteiger partial charge is 0.295 e. The molecule has 152 valence electrons. The Balaban J connectivity index is 1.48. The highest BCUT2D eigenvalue weighted by molar-refractivity contribution is 6.02. The van der Waals surface area contributed by atoms with E-state index in [0.29, 0.717) is 17.2 Å². The zero-order chi connectivity index (χ0) is 21.3. The number of carbonyl (C=O) groups excluding carboxylic acids is 2. The lowest BCUT2D eigenvalue weighted by Gasteiger charge is -2.13. The van der Waals surface area contributed by atoms with Gasteiger partial charge in [0.2, 0.25) is 11.7 Å². The molecule has 0 bridgehead atoms. The molecule has 4 aromatic rings. The fraction of sp³-hybridized carbons (Fsp3) is 0.200. The van der Waals surface area contributed by atoms with E-state index >= 15 is 0 Å². The first-order chi connectivity index (χ1) is 14.4. The van der Waals surface area contributed by atoms with Crippen LogP contribution in [0.15, 0.2) is 48.8 Å². The van der Waals surface area contributed by atoms with Crippen LogP contribution in [0, 0.1) is 13.8 Å². The Morgan fingerprint density at radius 2 is 1.80 bits per heavy atom. The van der Waals surface area contributed by atoms with Crippen LogP contribution >= 0.6 is 0 Å². The van der Waals surface area contributed by atoms with E-state index in [0.717, 1.165) is 11.4 Å². The van der Waals surface area contributed by atoms with Crippen molar-refractivity contribution in [1.29, 1.82) is 0 Å². The van der Waals surface area contributed by atoms with Crippen LogP contribution in [0.3, 0.4) is 0 Å². The van der Waals surface area contributed by atoms with Gasteiger partial charge in [-0.3, -0.25) is 14.3 Å². The summed E-state index contributed by atoms with van der Waals surface area (Å²) in [6.07, 6.45) is 3.34. The van der Waals surface area contributed by atoms with E-state index < -0.39 is 11.9 Å². The molecule has 2 N–H and O–H groups in total. The molecule has 1 aromatic carbocycles. The summed E-state index contributed by atoms with van der Waals surface area (Å²) in [7, 11) is 0. The number of carbonyl (C=O) groups is 2. The van der Waals surface area contributed by atoms with Crippen molar-refractivity contribution in [2.45, 2.75) is 26.8 Å². The number of nitrogens with one attached hydrogen (secondary N) is 2. The van der Waals surface area contributed by atoms with Crippen LogP contribution < -0.4 is 10.6 Å². The molecule has 30 heavy (non-hydrogen) atoms. The lowest BCUT2D eigenvalue weighted by atomic mass is 10.2. The van der Waals surface area contributed by atoms with E-state index in [4.69, 9.17) is 0 Å². The summed E-state index contributed by atoms with van der Waals surface area (Å²) in [6, 6.07) is 9.99. The van der Waals surface area contributed by atoms with Gasteiger partial charge >= 0.3 is 0 Å². The maximum absolute atomic E-state index is 12.6. The van der Waals surface area contributed by atoms with Gasteiger partial charge in [-0.15, -0.1) is 5.10 Å². The minimum Gasteiger partial charge on any atom is -0.324 e. The average Bonchev–Trinajstić information content (AvgIpc) is 3.37. The molecule has 0 aliphatic carbocycles. The number of nitrogens with zero attached hydrogens (tertiary/aromatic N) is 6. The second-order valence-electron chi connectivity index (χ2n) is 6.87. The fourth-order valence-electron chi connectivity index (χ4n) is 3.00. The van der Waals surface area contributed by atoms with Gasteiger partial charge in [0.1, 0.15) is 6.04 Å². The van der Waals surface area contributed by atoms with Gasteiger partial charge in [0.15, 0.2) is 0 Å². The Morgan fingerprint density at radius 1 is 1.03 bits per heavy atom. The van der Waals surface area contributed by atoms with Crippen LogP contribution in [0.25, 0.3) is 5.78 Å². The zero-order valence-electron chi connectivity index (χ0n) is 16.7. The molecule has 2 amide bonds. The number of aryl methyl sites for hydroxylation is 2. The van der Waals surface area contributed by atoms with Gasteiger partial charge in [0, 0.05) is 35.2 Å². The number of hydrogen-bond donors (Lipinski definition) is 2. The number of benzene rings is 1. The topological polar surface area (TPSA) is 119 Å². The second kappa shape index (κ2) is 7.74. The Hall–Kier alpha value is -4.08. The molecule has 0 fully saturated rings. The third-order valence-electron chi connectivity index (χ3n) is 4.51. The maximum Gasteiger partial charge on any atom is 0.295 e. The number of rotatable bonds is 5. The molecule has 10 nitrogen and oxygen atoms in total. The third kappa shape index (κ3) is 3.88. The number of anilines is 2. The first-order valence-corrected chi connectivity index (χ1v) is 9.33. The van der Waals surface area contributed by atoms with Crippen LogP contribution in [-0.4, -0.2) is 41.2 Å². The van der Waals surface area contributed by atoms with Gasteiger partial charge in [-0.1, -0.05) is 6.07 Å². The lowest BCUT2D eigenvalue weighted by molar-refractivity contribution is -0.119. The molecule has 0 aliphatic rings. The van der Waals surface area contributed by atoms with Crippen LogP contribution in [0.5, 0.6) is 0 Å². The number of fused-ring (bicyclic) bond motifs is 1. The Morgan fingerprint density at radius 3 is 2.53 bits per heavy atom. The van der Waals surface area contributed by atoms with Gasteiger partial charge in [-0.05, 0) is 51.1 Å². The van der Waals surface area contributed by atoms with Gasteiger partial charge in [-0.25, -0.2) is 9.50 Å². The highest BCUT2D eigenvalue weighted by Gasteiger charge is 2.17. The quantitative estimate of drug-likeness (QED) is 0.527. The van der Waals surface area contributed by atoms with E-state index in [1.807, 2.05) is 19.9 Å². The molecule has 0 radical (unpaired) electrons. The van der Waals surface area contributed by atoms with Gasteiger partial charge in [0.25, 0.3) is 11.7 Å². The van der Waals surface area contributed by atoms with Gasteiger partial charge < -0.3 is 10.6 Å². The van der Waals surface area contributed by atoms with Crippen LogP contribution in [-0.2, 0) is 4.79 Å². The summed E-state index contributed by atoms with van der Waals surface area (Å²) in [5.74, 6) is -0.309. The molecule has 10 heteroatoms. The minimum atomic E-state index is -0.473. The van der Waals surface area contributed by atoms with E-state index in [-0.39, 0.29) is 11.7 Å². The largest absolute Gasteiger partial charge is 0.324 e. The van der Waals surface area contributed by atoms with Crippen molar-refractivity contribution in [3.63, 3.8) is 0 Å². The van der Waals surface area contributed by atoms with Crippen molar-refractivity contribution in [2.24, 2.45) is 0 Å². The van der Waals surface area contributed by atoms with Gasteiger partial charge in [-0.2, -0.15) is 10.1 Å². The average molecular weight is 404 g/mol. The normalized spacial score (nSPS) is 12.0. The molecule has 0 aliphatic heterocycles. The van der Waals surface area contributed by atoms with E-state index in [9.17, 15) is 9.59 Å². The van der Waals surface area contributed by atoms with Crippen molar-refractivity contribution in [3.8, 4) is 0 Å². The molecular formula is C20H20N8O2. The maximum atomic E-state index is 12.6. The zero-order valence-corrected chi connectivity index (χ0v) is 16.7. The van der Waals surface area contributed by atoms with E-state index in [2.05, 4.69) is 30.8 Å². The van der Waals surface area contributed by atoms with E-state index in [1.54, 1.807) is 54.3 Å². The molecular weight excluding hydrogens is 384 g/mol. The third-order valence-corrected chi connectivity index (χ3v) is 4.51. The number of hydrogen-bond acceptors (Lipinski definition) is 6. The van der Waals surface area contributed by atoms with Crippen molar-refractivity contribution in [2.75, 3.05) is 10.6 Å². The highest BCUT2D eigenvalue weighted by atomic mass is 16.2. The number of amides is 2.